The van der Waals surface area contributed by atoms with Crippen molar-refractivity contribution in [1.82, 2.24) is 5.32 Å². The highest BCUT2D eigenvalue weighted by atomic mass is 16.5. The highest BCUT2D eigenvalue weighted by Gasteiger charge is 2.51. The van der Waals surface area contributed by atoms with Crippen molar-refractivity contribution < 1.29 is 14.3 Å². The summed E-state index contributed by atoms with van der Waals surface area (Å²) in [4.78, 5) is 12.5. The van der Waals surface area contributed by atoms with Crippen molar-refractivity contribution in [2.75, 3.05) is 13.2 Å². The highest BCUT2D eigenvalue weighted by Crippen LogP contribution is 2.55. The summed E-state index contributed by atoms with van der Waals surface area (Å²) >= 11 is 0. The second kappa shape index (κ2) is 7.50. The zero-order valence-corrected chi connectivity index (χ0v) is 15.8. The summed E-state index contributed by atoms with van der Waals surface area (Å²) in [7, 11) is 0. The first kappa shape index (κ1) is 17.7. The minimum absolute atomic E-state index is 0.127. The van der Waals surface area contributed by atoms with Crippen LogP contribution in [0.3, 0.4) is 0 Å². The second-order valence-electron chi connectivity index (χ2n) is 8.60. The quantitative estimate of drug-likeness (QED) is 0.705. The molecule has 0 heterocycles. The molecular formula is C22H31NO3. The average molecular weight is 357 g/mol. The Morgan fingerprint density at radius 2 is 1.54 bits per heavy atom. The lowest BCUT2D eigenvalue weighted by atomic mass is 9.53. The first-order valence-electron chi connectivity index (χ1n) is 10.3. The topological polar surface area (TPSA) is 47.6 Å². The van der Waals surface area contributed by atoms with Crippen LogP contribution >= 0.6 is 0 Å². The molecule has 0 spiro atoms. The van der Waals surface area contributed by atoms with Gasteiger partial charge in [0, 0.05) is 12.0 Å². The molecule has 0 aliphatic heterocycles. The molecule has 5 rings (SSSR count). The number of carbonyl (C=O) groups is 1. The molecule has 142 valence electrons. The van der Waals surface area contributed by atoms with Crippen molar-refractivity contribution in [3.05, 3.63) is 24.3 Å². The number of benzene rings is 1. The van der Waals surface area contributed by atoms with Crippen LogP contribution in [-0.2, 0) is 4.79 Å². The summed E-state index contributed by atoms with van der Waals surface area (Å²) < 4.78 is 11.2. The number of ether oxygens (including phenoxy) is 2. The van der Waals surface area contributed by atoms with Gasteiger partial charge in [-0.2, -0.15) is 0 Å². The fourth-order valence-electron chi connectivity index (χ4n) is 5.84. The van der Waals surface area contributed by atoms with Crippen molar-refractivity contribution in [3.8, 4) is 11.5 Å². The molecule has 4 aliphatic rings. The van der Waals surface area contributed by atoms with Gasteiger partial charge in [0.15, 0.2) is 0 Å². The number of hydrogen-bond acceptors (Lipinski definition) is 3. The lowest BCUT2D eigenvalue weighted by Gasteiger charge is -2.56. The molecule has 4 heteroatoms. The van der Waals surface area contributed by atoms with Gasteiger partial charge in [-0.1, -0.05) is 0 Å². The Labute approximate surface area is 156 Å². The molecular weight excluding hydrogens is 326 g/mol. The summed E-state index contributed by atoms with van der Waals surface area (Å²) in [5.74, 6) is 4.49. The van der Waals surface area contributed by atoms with E-state index in [4.69, 9.17) is 9.47 Å². The molecule has 4 bridgehead atoms. The van der Waals surface area contributed by atoms with Gasteiger partial charge < -0.3 is 14.8 Å². The van der Waals surface area contributed by atoms with Gasteiger partial charge in [0.2, 0.25) is 5.91 Å². The van der Waals surface area contributed by atoms with Gasteiger partial charge in [-0.25, -0.2) is 0 Å². The molecule has 1 aromatic carbocycles. The molecule has 4 saturated carbocycles. The van der Waals surface area contributed by atoms with Crippen LogP contribution in [0.1, 0.15) is 58.3 Å². The Bertz CT molecular complexity index is 589. The molecule has 0 atom stereocenters. The SMILES string of the molecule is CCOc1ccc(OCCCC(=O)NC23CC4CC(CC(C4)C2)C3)cc1. The predicted octanol–water partition coefficient (Wildman–Crippen LogP) is 4.33. The lowest BCUT2D eigenvalue weighted by Crippen LogP contribution is -2.59. The van der Waals surface area contributed by atoms with E-state index in [0.717, 1.165) is 35.7 Å². The van der Waals surface area contributed by atoms with Crippen LogP contribution in [0.25, 0.3) is 0 Å². The van der Waals surface area contributed by atoms with Gasteiger partial charge in [-0.15, -0.1) is 0 Å². The van der Waals surface area contributed by atoms with Crippen LogP contribution in [0.15, 0.2) is 24.3 Å². The monoisotopic (exact) mass is 357 g/mol. The Hall–Kier alpha value is -1.71. The van der Waals surface area contributed by atoms with Crippen molar-refractivity contribution in [1.29, 1.82) is 0 Å². The van der Waals surface area contributed by atoms with E-state index in [1.54, 1.807) is 0 Å². The third-order valence-corrected chi connectivity index (χ3v) is 6.39. The fraction of sp³-hybridized carbons (Fsp3) is 0.682. The van der Waals surface area contributed by atoms with E-state index in [0.29, 0.717) is 19.6 Å². The minimum atomic E-state index is 0.127. The molecule has 0 radical (unpaired) electrons. The second-order valence-corrected chi connectivity index (χ2v) is 8.60. The molecule has 1 amide bonds. The molecule has 1 aromatic rings. The Morgan fingerprint density at radius 3 is 2.08 bits per heavy atom. The molecule has 4 nitrogen and oxygen atoms in total. The molecule has 1 N–H and O–H groups in total. The molecule has 4 aliphatic carbocycles. The van der Waals surface area contributed by atoms with Crippen molar-refractivity contribution in [2.24, 2.45) is 17.8 Å². The van der Waals surface area contributed by atoms with Gasteiger partial charge in [-0.3, -0.25) is 4.79 Å². The normalized spacial score (nSPS) is 31.7. The van der Waals surface area contributed by atoms with E-state index in [-0.39, 0.29) is 11.4 Å². The van der Waals surface area contributed by atoms with Crippen molar-refractivity contribution in [2.45, 2.75) is 63.8 Å². The highest BCUT2D eigenvalue weighted by molar-refractivity contribution is 5.76. The largest absolute Gasteiger partial charge is 0.494 e. The number of hydrogen-bond donors (Lipinski definition) is 1. The summed E-state index contributed by atoms with van der Waals surface area (Å²) in [6.45, 7) is 3.21. The number of nitrogens with one attached hydrogen (secondary N) is 1. The van der Waals surface area contributed by atoms with Crippen molar-refractivity contribution >= 4 is 5.91 Å². The van der Waals surface area contributed by atoms with Gasteiger partial charge in [0.25, 0.3) is 0 Å². The standard InChI is InChI=1S/C22H31NO3/c1-2-25-19-5-7-20(8-6-19)26-9-3-4-21(24)23-22-13-16-10-17(14-22)12-18(11-16)15-22/h5-8,16-18H,2-4,9-15H2,1H3,(H,23,24). The van der Waals surface area contributed by atoms with Gasteiger partial charge >= 0.3 is 0 Å². The number of rotatable bonds is 8. The minimum Gasteiger partial charge on any atom is -0.494 e. The fourth-order valence-corrected chi connectivity index (χ4v) is 5.84. The third-order valence-electron chi connectivity index (χ3n) is 6.39. The van der Waals surface area contributed by atoms with E-state index in [1.807, 2.05) is 31.2 Å². The molecule has 0 saturated heterocycles. The van der Waals surface area contributed by atoms with Gasteiger partial charge in [0.1, 0.15) is 11.5 Å². The number of amides is 1. The molecule has 0 unspecified atom stereocenters. The molecule has 4 fully saturated rings. The zero-order valence-electron chi connectivity index (χ0n) is 15.8. The summed E-state index contributed by atoms with van der Waals surface area (Å²) in [5.41, 5.74) is 0.127. The summed E-state index contributed by atoms with van der Waals surface area (Å²) in [6, 6.07) is 7.66. The molecule has 26 heavy (non-hydrogen) atoms. The Morgan fingerprint density at radius 1 is 1.00 bits per heavy atom. The van der Waals surface area contributed by atoms with Gasteiger partial charge in [-0.05, 0) is 93.9 Å². The van der Waals surface area contributed by atoms with E-state index < -0.39 is 0 Å². The maximum Gasteiger partial charge on any atom is 0.220 e. The maximum atomic E-state index is 12.5. The first-order valence-corrected chi connectivity index (χ1v) is 10.3. The van der Waals surface area contributed by atoms with E-state index in [1.165, 1.54) is 38.5 Å². The number of carbonyl (C=O) groups excluding carboxylic acids is 1. The van der Waals surface area contributed by atoms with Crippen molar-refractivity contribution in [3.63, 3.8) is 0 Å². The van der Waals surface area contributed by atoms with Gasteiger partial charge in [0.05, 0.1) is 13.2 Å². The van der Waals surface area contributed by atoms with E-state index in [9.17, 15) is 4.79 Å². The summed E-state index contributed by atoms with van der Waals surface area (Å²) in [5, 5.41) is 3.43. The first-order chi connectivity index (χ1) is 12.6. The van der Waals surface area contributed by atoms with E-state index in [2.05, 4.69) is 5.32 Å². The van der Waals surface area contributed by atoms with E-state index >= 15 is 0 Å². The third kappa shape index (κ3) is 3.99. The Balaban J connectivity index is 1.19. The van der Waals surface area contributed by atoms with Crippen LogP contribution in [0, 0.1) is 17.8 Å². The van der Waals surface area contributed by atoms with Crippen LogP contribution in [0.4, 0.5) is 0 Å². The zero-order chi connectivity index (χ0) is 18.0. The van der Waals surface area contributed by atoms with Crippen LogP contribution in [-0.4, -0.2) is 24.7 Å². The van der Waals surface area contributed by atoms with Crippen LogP contribution in [0.2, 0.25) is 0 Å². The van der Waals surface area contributed by atoms with Crippen LogP contribution < -0.4 is 14.8 Å². The summed E-state index contributed by atoms with van der Waals surface area (Å²) in [6.07, 6.45) is 9.18. The lowest BCUT2D eigenvalue weighted by molar-refractivity contribution is -0.127. The predicted molar refractivity (Wildman–Crippen MR) is 101 cm³/mol. The van der Waals surface area contributed by atoms with Crippen LogP contribution in [0.5, 0.6) is 11.5 Å². The maximum absolute atomic E-state index is 12.5. The molecule has 0 aromatic heterocycles. The smallest absolute Gasteiger partial charge is 0.220 e. The average Bonchev–Trinajstić information content (AvgIpc) is 2.59. The Kier molecular flexibility index (Phi) is 5.10.